The van der Waals surface area contributed by atoms with Gasteiger partial charge in [0.25, 0.3) is 15.9 Å². The fourth-order valence-electron chi connectivity index (χ4n) is 1.99. The Kier molecular flexibility index (Phi) is 6.11. The van der Waals surface area contributed by atoms with Gasteiger partial charge in [0.05, 0.1) is 27.7 Å². The molecule has 2 rings (SSSR count). The Labute approximate surface area is 160 Å². The zero-order valence-corrected chi connectivity index (χ0v) is 16.3. The number of benzene rings is 2. The lowest BCUT2D eigenvalue weighted by Gasteiger charge is -2.12. The number of sulfonamides is 1. The van der Waals surface area contributed by atoms with Crippen LogP contribution in [0.3, 0.4) is 0 Å². The van der Waals surface area contributed by atoms with E-state index in [1.165, 1.54) is 18.2 Å². The Balaban J connectivity index is 2.38. The molecule has 0 aliphatic carbocycles. The molecule has 0 heterocycles. The molecule has 1 amide bonds. The molecule has 0 spiro atoms. The average molecular weight is 442 g/mol. The Morgan fingerprint density at radius 1 is 1.28 bits per heavy atom. The van der Waals surface area contributed by atoms with E-state index in [1.807, 2.05) is 13.0 Å². The van der Waals surface area contributed by atoms with Crippen molar-refractivity contribution >= 4 is 49.1 Å². The van der Waals surface area contributed by atoms with E-state index >= 15 is 0 Å². The number of carbonyl (C=O) groups is 1. The van der Waals surface area contributed by atoms with Gasteiger partial charge in [-0.1, -0.05) is 23.6 Å². The van der Waals surface area contributed by atoms with Crippen LogP contribution in [0.2, 0.25) is 5.02 Å². The van der Waals surface area contributed by atoms with E-state index in [4.69, 9.17) is 18.0 Å². The van der Waals surface area contributed by atoms with Gasteiger partial charge in [-0.05, 0) is 58.7 Å². The number of rotatable bonds is 5. The molecule has 2 N–H and O–H groups in total. The molecule has 0 aromatic heterocycles. The van der Waals surface area contributed by atoms with E-state index in [2.05, 4.69) is 31.9 Å². The third-order valence-corrected chi connectivity index (χ3v) is 5.59. The molecule has 2 aromatic carbocycles. The summed E-state index contributed by atoms with van der Waals surface area (Å²) in [5.74, 6) is 1.72. The van der Waals surface area contributed by atoms with Crippen molar-refractivity contribution in [3.63, 3.8) is 0 Å². The maximum absolute atomic E-state index is 12.6. The quantitative estimate of drug-likeness (QED) is 0.697. The second-order valence-corrected chi connectivity index (χ2v) is 8.06. The van der Waals surface area contributed by atoms with Crippen LogP contribution in [-0.2, 0) is 10.0 Å². The summed E-state index contributed by atoms with van der Waals surface area (Å²) in [4.78, 5) is 12.0. The lowest BCUT2D eigenvalue weighted by Crippen LogP contribution is -2.24. The van der Waals surface area contributed by atoms with Crippen LogP contribution in [0.4, 0.5) is 5.69 Å². The number of terminal acetylenes is 1. The summed E-state index contributed by atoms with van der Waals surface area (Å²) in [6.07, 6.45) is 5.10. The first-order valence-corrected chi connectivity index (χ1v) is 9.70. The number of amides is 1. The Morgan fingerprint density at radius 2 is 2.00 bits per heavy atom. The van der Waals surface area contributed by atoms with Gasteiger partial charge in [0.1, 0.15) is 0 Å². The molecule has 0 bridgehead atoms. The molecule has 0 saturated carbocycles. The summed E-state index contributed by atoms with van der Waals surface area (Å²) >= 11 is 9.29. The van der Waals surface area contributed by atoms with E-state index in [0.717, 1.165) is 5.56 Å². The minimum absolute atomic E-state index is 0.0145. The Morgan fingerprint density at radius 3 is 2.68 bits per heavy atom. The van der Waals surface area contributed by atoms with Gasteiger partial charge in [-0.25, -0.2) is 8.42 Å². The first-order chi connectivity index (χ1) is 11.7. The van der Waals surface area contributed by atoms with Crippen LogP contribution in [0.25, 0.3) is 0 Å². The summed E-state index contributed by atoms with van der Waals surface area (Å²) in [6, 6.07) is 9.17. The number of hydrogen-bond donors (Lipinski definition) is 2. The van der Waals surface area contributed by atoms with Gasteiger partial charge in [-0.3, -0.25) is 9.52 Å². The Hall–Kier alpha value is -2.01. The van der Waals surface area contributed by atoms with Gasteiger partial charge in [0, 0.05) is 4.47 Å². The molecule has 0 aliphatic rings. The standard InChI is InChI=1S/C17H14BrClN2O3S/c1-3-8-20-17(22)13-10-12(5-7-15(13)19)25(23,24)21-16-9-11(2)4-6-14(16)18/h1,4-7,9-10,21H,8H2,2H3,(H,20,22). The van der Waals surface area contributed by atoms with Gasteiger partial charge in [0.15, 0.2) is 0 Å². The van der Waals surface area contributed by atoms with Crippen molar-refractivity contribution in [2.24, 2.45) is 0 Å². The Bertz CT molecular complexity index is 968. The van der Waals surface area contributed by atoms with Crippen molar-refractivity contribution in [2.45, 2.75) is 11.8 Å². The largest absolute Gasteiger partial charge is 0.341 e. The highest BCUT2D eigenvalue weighted by Crippen LogP contribution is 2.27. The molecule has 0 saturated heterocycles. The molecular weight excluding hydrogens is 428 g/mol. The van der Waals surface area contributed by atoms with Crippen molar-refractivity contribution in [3.05, 3.63) is 57.0 Å². The van der Waals surface area contributed by atoms with Crippen LogP contribution >= 0.6 is 27.5 Å². The number of nitrogens with one attached hydrogen (secondary N) is 2. The van der Waals surface area contributed by atoms with Crippen molar-refractivity contribution < 1.29 is 13.2 Å². The highest BCUT2D eigenvalue weighted by molar-refractivity contribution is 9.10. The molecule has 0 atom stereocenters. The average Bonchev–Trinajstić information content (AvgIpc) is 2.56. The van der Waals surface area contributed by atoms with Gasteiger partial charge >= 0.3 is 0 Å². The highest BCUT2D eigenvalue weighted by Gasteiger charge is 2.19. The van der Waals surface area contributed by atoms with Crippen molar-refractivity contribution in [2.75, 3.05) is 11.3 Å². The predicted octanol–water partition coefficient (Wildman–Crippen LogP) is 3.57. The number of aryl methyl sites for hydroxylation is 1. The SMILES string of the molecule is C#CCNC(=O)c1cc(S(=O)(=O)Nc2cc(C)ccc2Br)ccc1Cl. The van der Waals surface area contributed by atoms with Crippen molar-refractivity contribution in [3.8, 4) is 12.3 Å². The molecule has 0 fully saturated rings. The molecule has 0 aliphatic heterocycles. The molecule has 5 nitrogen and oxygen atoms in total. The van der Waals surface area contributed by atoms with Gasteiger partial charge in [0.2, 0.25) is 0 Å². The van der Waals surface area contributed by atoms with Crippen LogP contribution < -0.4 is 10.0 Å². The summed E-state index contributed by atoms with van der Waals surface area (Å²) in [6.45, 7) is 1.86. The molecule has 0 unspecified atom stereocenters. The first-order valence-electron chi connectivity index (χ1n) is 7.05. The lowest BCUT2D eigenvalue weighted by molar-refractivity contribution is 0.0958. The van der Waals surface area contributed by atoms with Crippen molar-refractivity contribution in [1.82, 2.24) is 5.32 Å². The fraction of sp³-hybridized carbons (Fsp3) is 0.118. The van der Waals surface area contributed by atoms with E-state index in [1.54, 1.807) is 12.1 Å². The van der Waals surface area contributed by atoms with Gasteiger partial charge in [-0.15, -0.1) is 6.42 Å². The third-order valence-electron chi connectivity index (χ3n) is 3.21. The second-order valence-electron chi connectivity index (χ2n) is 5.12. The number of hydrogen-bond acceptors (Lipinski definition) is 3. The predicted molar refractivity (Wildman–Crippen MR) is 102 cm³/mol. The smallest absolute Gasteiger partial charge is 0.261 e. The topological polar surface area (TPSA) is 75.3 Å². The van der Waals surface area contributed by atoms with Crippen LogP contribution in [0.1, 0.15) is 15.9 Å². The van der Waals surface area contributed by atoms with Crippen LogP contribution in [0.5, 0.6) is 0 Å². The molecule has 0 radical (unpaired) electrons. The summed E-state index contributed by atoms with van der Waals surface area (Å²) in [5, 5.41) is 2.58. The van der Waals surface area contributed by atoms with E-state index in [0.29, 0.717) is 10.2 Å². The minimum Gasteiger partial charge on any atom is -0.341 e. The number of halogens is 2. The van der Waals surface area contributed by atoms with E-state index in [9.17, 15) is 13.2 Å². The molecule has 130 valence electrons. The minimum atomic E-state index is -3.90. The maximum atomic E-state index is 12.6. The van der Waals surface area contributed by atoms with Crippen LogP contribution in [0, 0.1) is 19.3 Å². The molecule has 8 heteroatoms. The third kappa shape index (κ3) is 4.75. The van der Waals surface area contributed by atoms with Crippen LogP contribution in [0.15, 0.2) is 45.8 Å². The zero-order chi connectivity index (χ0) is 18.6. The lowest BCUT2D eigenvalue weighted by atomic mass is 10.2. The summed E-state index contributed by atoms with van der Waals surface area (Å²) in [5.41, 5.74) is 1.32. The second kappa shape index (κ2) is 7.91. The molecule has 25 heavy (non-hydrogen) atoms. The van der Waals surface area contributed by atoms with E-state index in [-0.39, 0.29) is 22.0 Å². The summed E-state index contributed by atoms with van der Waals surface area (Å²) in [7, 11) is -3.90. The number of anilines is 1. The maximum Gasteiger partial charge on any atom is 0.261 e. The van der Waals surface area contributed by atoms with Gasteiger partial charge in [-0.2, -0.15) is 0 Å². The summed E-state index contributed by atoms with van der Waals surface area (Å²) < 4.78 is 28.3. The number of carbonyl (C=O) groups excluding carboxylic acids is 1. The van der Waals surface area contributed by atoms with Crippen LogP contribution in [-0.4, -0.2) is 20.9 Å². The monoisotopic (exact) mass is 440 g/mol. The first kappa shape index (κ1) is 19.3. The van der Waals surface area contributed by atoms with Crippen molar-refractivity contribution in [1.29, 1.82) is 0 Å². The highest BCUT2D eigenvalue weighted by atomic mass is 79.9. The molecule has 2 aromatic rings. The van der Waals surface area contributed by atoms with E-state index < -0.39 is 15.9 Å². The normalized spacial score (nSPS) is 10.8. The fourth-order valence-corrected chi connectivity index (χ4v) is 3.77. The van der Waals surface area contributed by atoms with Gasteiger partial charge < -0.3 is 5.32 Å². The molecular formula is C17H14BrClN2O3S. The zero-order valence-electron chi connectivity index (χ0n) is 13.1.